The third-order valence-electron chi connectivity index (χ3n) is 2.87. The number of carbonyl (C=O) groups excluding carboxylic acids is 1. The van der Waals surface area contributed by atoms with E-state index in [-0.39, 0.29) is 18.6 Å². The summed E-state index contributed by atoms with van der Waals surface area (Å²) in [6.45, 7) is 1.82. The van der Waals surface area contributed by atoms with Crippen LogP contribution in [-0.4, -0.2) is 26.6 Å². The maximum Gasteiger partial charge on any atom is 0.316 e. The van der Waals surface area contributed by atoms with E-state index in [9.17, 15) is 14.7 Å². The first-order valence-electron chi connectivity index (χ1n) is 4.71. The van der Waals surface area contributed by atoms with E-state index in [1.807, 2.05) is 6.92 Å². The summed E-state index contributed by atoms with van der Waals surface area (Å²) in [4.78, 5) is 22.2. The Labute approximate surface area is 86.7 Å². The number of hydrogen-bond donors (Lipinski definition) is 1. The minimum Gasteiger partial charge on any atom is -0.481 e. The Bertz CT molecular complexity index is 440. The Kier molecular flexibility index (Phi) is 1.92. The third-order valence-corrected chi connectivity index (χ3v) is 2.87. The molecule has 1 N–H and O–H groups in total. The predicted molar refractivity (Wildman–Crippen MR) is 51.5 cm³/mol. The quantitative estimate of drug-likeness (QED) is 0.764. The summed E-state index contributed by atoms with van der Waals surface area (Å²) in [7, 11) is 1.74. The number of rotatable bonds is 2. The van der Waals surface area contributed by atoms with E-state index < -0.39 is 11.4 Å². The Hall–Kier alpha value is -1.65. The molecule has 0 spiro atoms. The Morgan fingerprint density at radius 1 is 1.60 bits per heavy atom. The van der Waals surface area contributed by atoms with Gasteiger partial charge in [-0.2, -0.15) is 5.10 Å². The van der Waals surface area contributed by atoms with Crippen molar-refractivity contribution >= 4 is 11.8 Å². The smallest absolute Gasteiger partial charge is 0.316 e. The van der Waals surface area contributed by atoms with Crippen LogP contribution in [0.15, 0.2) is 6.20 Å². The summed E-state index contributed by atoms with van der Waals surface area (Å²) in [5, 5.41) is 13.3. The topological polar surface area (TPSA) is 72.2 Å². The second-order valence-electron chi connectivity index (χ2n) is 4.11. The van der Waals surface area contributed by atoms with Crippen LogP contribution in [0.3, 0.4) is 0 Å². The number of nitrogens with zero attached hydrogens (tertiary/aromatic N) is 2. The van der Waals surface area contributed by atoms with E-state index in [2.05, 4.69) is 5.10 Å². The highest BCUT2D eigenvalue weighted by Gasteiger charge is 2.53. The van der Waals surface area contributed by atoms with Crippen LogP contribution >= 0.6 is 0 Å². The van der Waals surface area contributed by atoms with Gasteiger partial charge in [0.1, 0.15) is 11.2 Å². The van der Waals surface area contributed by atoms with Crippen molar-refractivity contribution in [3.8, 4) is 0 Å². The van der Waals surface area contributed by atoms with Crippen molar-refractivity contribution in [2.24, 2.45) is 7.05 Å². The summed E-state index contributed by atoms with van der Waals surface area (Å²) in [6, 6.07) is 0. The van der Waals surface area contributed by atoms with Crippen LogP contribution in [0, 0.1) is 6.92 Å². The van der Waals surface area contributed by atoms with E-state index in [1.165, 1.54) is 0 Å². The van der Waals surface area contributed by atoms with Crippen LogP contribution in [0.1, 0.15) is 24.1 Å². The number of carbonyl (C=O) groups is 2. The largest absolute Gasteiger partial charge is 0.481 e. The summed E-state index contributed by atoms with van der Waals surface area (Å²) in [5.74, 6) is -0.966. The van der Waals surface area contributed by atoms with Crippen LogP contribution in [0.25, 0.3) is 0 Å². The number of carboxylic acids is 1. The Morgan fingerprint density at radius 2 is 2.20 bits per heavy atom. The molecule has 1 aliphatic rings. The lowest BCUT2D eigenvalue weighted by Crippen LogP contribution is -2.49. The molecule has 0 amide bonds. The van der Waals surface area contributed by atoms with Gasteiger partial charge in [-0.25, -0.2) is 0 Å². The Morgan fingerprint density at radius 3 is 2.53 bits per heavy atom. The van der Waals surface area contributed by atoms with Gasteiger partial charge < -0.3 is 5.11 Å². The fraction of sp³-hybridized carbons (Fsp3) is 0.500. The molecule has 5 heteroatoms. The van der Waals surface area contributed by atoms with E-state index >= 15 is 0 Å². The molecule has 1 fully saturated rings. The second-order valence-corrected chi connectivity index (χ2v) is 4.11. The molecule has 80 valence electrons. The number of ketones is 1. The molecule has 1 saturated carbocycles. The van der Waals surface area contributed by atoms with Gasteiger partial charge >= 0.3 is 5.97 Å². The van der Waals surface area contributed by atoms with E-state index in [4.69, 9.17) is 0 Å². The van der Waals surface area contributed by atoms with Gasteiger partial charge in [-0.3, -0.25) is 14.3 Å². The molecule has 0 atom stereocenters. The van der Waals surface area contributed by atoms with Gasteiger partial charge in [-0.15, -0.1) is 0 Å². The Balaban J connectivity index is 2.47. The molecule has 0 saturated heterocycles. The van der Waals surface area contributed by atoms with E-state index in [1.54, 1.807) is 17.9 Å². The first-order valence-corrected chi connectivity index (χ1v) is 4.71. The van der Waals surface area contributed by atoms with Crippen LogP contribution < -0.4 is 0 Å². The van der Waals surface area contributed by atoms with Gasteiger partial charge in [-0.05, 0) is 12.5 Å². The minimum absolute atomic E-state index is 0.0116. The second kappa shape index (κ2) is 2.92. The third kappa shape index (κ3) is 1.26. The molecule has 1 aromatic heterocycles. The lowest BCUT2D eigenvalue weighted by Gasteiger charge is -2.35. The molecule has 0 radical (unpaired) electrons. The lowest BCUT2D eigenvalue weighted by atomic mass is 9.65. The van der Waals surface area contributed by atoms with Crippen molar-refractivity contribution in [3.05, 3.63) is 17.5 Å². The van der Waals surface area contributed by atoms with Crippen molar-refractivity contribution in [3.63, 3.8) is 0 Å². The van der Waals surface area contributed by atoms with Crippen LogP contribution in [0.2, 0.25) is 0 Å². The number of carboxylic acid groups (broad SMARTS) is 1. The zero-order valence-corrected chi connectivity index (χ0v) is 8.65. The highest BCUT2D eigenvalue weighted by molar-refractivity contribution is 6.01. The lowest BCUT2D eigenvalue weighted by molar-refractivity contribution is -0.153. The van der Waals surface area contributed by atoms with Crippen molar-refractivity contribution in [1.29, 1.82) is 0 Å². The van der Waals surface area contributed by atoms with Crippen LogP contribution in [-0.2, 0) is 22.1 Å². The number of aryl methyl sites for hydroxylation is 2. The molecular weight excluding hydrogens is 196 g/mol. The van der Waals surface area contributed by atoms with Gasteiger partial charge in [0.25, 0.3) is 0 Å². The summed E-state index contributed by atoms with van der Waals surface area (Å²) in [6.07, 6.45) is 1.91. The molecule has 1 heterocycles. The number of Topliss-reactive ketones (excluding diaryl/α,β-unsaturated/α-hetero) is 1. The monoisotopic (exact) mass is 208 g/mol. The van der Waals surface area contributed by atoms with E-state index in [0.29, 0.717) is 5.69 Å². The molecule has 15 heavy (non-hydrogen) atoms. The maximum atomic E-state index is 11.2. The number of hydrogen-bond acceptors (Lipinski definition) is 3. The summed E-state index contributed by atoms with van der Waals surface area (Å²) < 4.78 is 1.58. The average molecular weight is 208 g/mol. The van der Waals surface area contributed by atoms with Gasteiger partial charge in [0, 0.05) is 26.1 Å². The SMILES string of the molecule is Cc1cn(C)nc1C1(C(=O)O)CC(=O)C1. The zero-order chi connectivity index (χ0) is 11.2. The van der Waals surface area contributed by atoms with Crippen LogP contribution in [0.4, 0.5) is 0 Å². The molecular formula is C10H12N2O3. The normalized spacial score (nSPS) is 18.7. The first-order chi connectivity index (χ1) is 6.95. The molecule has 0 unspecified atom stereocenters. The van der Waals surface area contributed by atoms with Crippen molar-refractivity contribution in [2.45, 2.75) is 25.2 Å². The van der Waals surface area contributed by atoms with Gasteiger partial charge in [0.05, 0.1) is 5.69 Å². The number of aromatic nitrogens is 2. The minimum atomic E-state index is -1.07. The van der Waals surface area contributed by atoms with Crippen LogP contribution in [0.5, 0.6) is 0 Å². The molecule has 0 bridgehead atoms. The standard InChI is InChI=1S/C10H12N2O3/c1-6-5-12(2)11-8(6)10(9(14)15)3-7(13)4-10/h5H,3-4H2,1-2H3,(H,14,15). The summed E-state index contributed by atoms with van der Waals surface area (Å²) in [5.41, 5.74) is 0.284. The van der Waals surface area contributed by atoms with E-state index in [0.717, 1.165) is 5.56 Å². The highest BCUT2D eigenvalue weighted by atomic mass is 16.4. The molecule has 2 rings (SSSR count). The van der Waals surface area contributed by atoms with Gasteiger partial charge in [-0.1, -0.05) is 0 Å². The van der Waals surface area contributed by atoms with Gasteiger partial charge in [0.2, 0.25) is 0 Å². The number of aliphatic carboxylic acids is 1. The summed E-state index contributed by atoms with van der Waals surface area (Å²) >= 11 is 0. The molecule has 1 aliphatic carbocycles. The fourth-order valence-corrected chi connectivity index (χ4v) is 2.12. The molecule has 5 nitrogen and oxygen atoms in total. The highest BCUT2D eigenvalue weighted by Crippen LogP contribution is 2.41. The predicted octanol–water partition coefficient (Wildman–Crippen LogP) is 0.414. The van der Waals surface area contributed by atoms with Crippen molar-refractivity contribution < 1.29 is 14.7 Å². The first kappa shape index (κ1) is 9.89. The zero-order valence-electron chi connectivity index (χ0n) is 8.65. The van der Waals surface area contributed by atoms with Crippen molar-refractivity contribution in [2.75, 3.05) is 0 Å². The van der Waals surface area contributed by atoms with Crippen molar-refractivity contribution in [1.82, 2.24) is 9.78 Å². The maximum absolute atomic E-state index is 11.2. The molecule has 0 aromatic carbocycles. The van der Waals surface area contributed by atoms with Gasteiger partial charge in [0.15, 0.2) is 0 Å². The average Bonchev–Trinajstić information content (AvgIpc) is 2.39. The molecule has 0 aliphatic heterocycles. The fourth-order valence-electron chi connectivity index (χ4n) is 2.12. The molecule has 1 aromatic rings.